The summed E-state index contributed by atoms with van der Waals surface area (Å²) in [7, 11) is 0. The summed E-state index contributed by atoms with van der Waals surface area (Å²) in [6.45, 7) is 7.90. The Labute approximate surface area is 197 Å². The molecule has 0 radical (unpaired) electrons. The van der Waals surface area contributed by atoms with Crippen molar-refractivity contribution in [3.05, 3.63) is 76.8 Å². The zero-order chi connectivity index (χ0) is 23.4. The maximum absolute atomic E-state index is 13.1. The molecule has 0 bridgehead atoms. The van der Waals surface area contributed by atoms with E-state index in [1.807, 2.05) is 13.8 Å². The van der Waals surface area contributed by atoms with Crippen LogP contribution in [0.2, 0.25) is 0 Å². The lowest BCUT2D eigenvalue weighted by Crippen LogP contribution is -2.53. The molecule has 3 aromatic rings. The monoisotopic (exact) mass is 470 g/mol. The predicted molar refractivity (Wildman–Crippen MR) is 127 cm³/mol. The van der Waals surface area contributed by atoms with Gasteiger partial charge in [-0.3, -0.25) is 14.6 Å². The van der Waals surface area contributed by atoms with E-state index in [0.717, 1.165) is 54.6 Å². The topological polar surface area (TPSA) is 48.5 Å². The van der Waals surface area contributed by atoms with Crippen LogP contribution in [0.4, 0.5) is 8.78 Å². The van der Waals surface area contributed by atoms with Crippen molar-refractivity contribution in [1.29, 1.82) is 0 Å². The highest BCUT2D eigenvalue weighted by Gasteiger charge is 2.26. The average Bonchev–Trinajstić information content (AvgIpc) is 3.28. The molecule has 0 saturated carbocycles. The first-order chi connectivity index (χ1) is 15.9. The van der Waals surface area contributed by atoms with Gasteiger partial charge in [-0.15, -0.1) is 11.3 Å². The van der Waals surface area contributed by atoms with E-state index in [2.05, 4.69) is 20.5 Å². The summed E-state index contributed by atoms with van der Waals surface area (Å²) < 4.78 is 26.3. The largest absolute Gasteiger partial charge is 0.348 e. The van der Waals surface area contributed by atoms with Gasteiger partial charge in [0.15, 0.2) is 0 Å². The number of hydrogen-bond donors (Lipinski definition) is 1. The Kier molecular flexibility index (Phi) is 7.47. The molecule has 0 spiro atoms. The molecule has 1 fully saturated rings. The molecule has 1 N–H and O–H groups in total. The Morgan fingerprint density at radius 3 is 2.24 bits per heavy atom. The van der Waals surface area contributed by atoms with Gasteiger partial charge in [-0.05, 0) is 55.8 Å². The third-order valence-electron chi connectivity index (χ3n) is 6.09. The first-order valence-electron chi connectivity index (χ1n) is 11.1. The molecule has 1 aromatic heterocycles. The van der Waals surface area contributed by atoms with Crippen LogP contribution in [0.15, 0.2) is 53.9 Å². The second-order valence-corrected chi connectivity index (χ2v) is 9.28. The van der Waals surface area contributed by atoms with Gasteiger partial charge in [0.1, 0.15) is 16.6 Å². The summed E-state index contributed by atoms with van der Waals surface area (Å²) in [4.78, 5) is 22.0. The van der Waals surface area contributed by atoms with Gasteiger partial charge in [-0.2, -0.15) is 0 Å². The SMILES string of the molecule is C[C@@H](NC(=O)[C@H](C)N1CCN(Cc2csc(-c3ccc(F)cc3)n2)CC1)c1ccc(F)cc1. The highest BCUT2D eigenvalue weighted by atomic mass is 32.1. The number of thiazole rings is 1. The van der Waals surface area contributed by atoms with Crippen LogP contribution in [-0.4, -0.2) is 52.9 Å². The standard InChI is InChI=1S/C25H28F2N4OS/c1-17(19-3-7-21(26)8-4-19)28-24(32)18(2)31-13-11-30(12-14-31)15-23-16-33-25(29-23)20-5-9-22(27)10-6-20/h3-10,16-18H,11-15H2,1-2H3,(H,28,32)/t17-,18+/m1/s1. The summed E-state index contributed by atoms with van der Waals surface area (Å²) in [5.74, 6) is -0.558. The van der Waals surface area contributed by atoms with E-state index in [9.17, 15) is 13.6 Å². The molecule has 4 rings (SSSR count). The number of hydrogen-bond acceptors (Lipinski definition) is 5. The number of nitrogens with one attached hydrogen (secondary N) is 1. The summed E-state index contributed by atoms with van der Waals surface area (Å²) >= 11 is 1.57. The van der Waals surface area contributed by atoms with Crippen molar-refractivity contribution in [2.24, 2.45) is 0 Å². The van der Waals surface area contributed by atoms with Gasteiger partial charge in [0, 0.05) is 43.7 Å². The van der Waals surface area contributed by atoms with E-state index in [1.165, 1.54) is 24.3 Å². The van der Waals surface area contributed by atoms with Crippen molar-refractivity contribution in [1.82, 2.24) is 20.1 Å². The number of amides is 1. The van der Waals surface area contributed by atoms with Gasteiger partial charge >= 0.3 is 0 Å². The number of rotatable bonds is 7. The highest BCUT2D eigenvalue weighted by molar-refractivity contribution is 7.13. The van der Waals surface area contributed by atoms with Gasteiger partial charge in [0.2, 0.25) is 5.91 Å². The lowest BCUT2D eigenvalue weighted by atomic mass is 10.1. The fraction of sp³-hybridized carbons (Fsp3) is 0.360. The van der Waals surface area contributed by atoms with Gasteiger partial charge < -0.3 is 5.32 Å². The molecule has 2 aromatic carbocycles. The number of carbonyl (C=O) groups is 1. The molecule has 174 valence electrons. The van der Waals surface area contributed by atoms with Crippen LogP contribution in [0, 0.1) is 11.6 Å². The Hall–Kier alpha value is -2.68. The van der Waals surface area contributed by atoms with Gasteiger partial charge in [-0.1, -0.05) is 12.1 Å². The number of aromatic nitrogens is 1. The molecule has 5 nitrogen and oxygen atoms in total. The Bertz CT molecular complexity index is 1060. The third kappa shape index (κ3) is 6.01. The third-order valence-corrected chi connectivity index (χ3v) is 7.03. The molecule has 0 unspecified atom stereocenters. The number of carbonyl (C=O) groups excluding carboxylic acids is 1. The summed E-state index contributed by atoms with van der Waals surface area (Å²) in [5.41, 5.74) is 2.81. The normalized spacial score (nSPS) is 17.0. The van der Waals surface area contributed by atoms with Crippen LogP contribution in [0.25, 0.3) is 10.6 Å². The summed E-state index contributed by atoms with van der Waals surface area (Å²) in [6.07, 6.45) is 0. The van der Waals surface area contributed by atoms with Crippen molar-refractivity contribution in [3.8, 4) is 10.6 Å². The quantitative estimate of drug-likeness (QED) is 0.554. The fourth-order valence-corrected chi connectivity index (χ4v) is 4.79. The smallest absolute Gasteiger partial charge is 0.237 e. The van der Waals surface area contributed by atoms with Crippen LogP contribution in [0.3, 0.4) is 0 Å². The van der Waals surface area contributed by atoms with Gasteiger partial charge in [0.05, 0.1) is 17.8 Å². The van der Waals surface area contributed by atoms with Crippen molar-refractivity contribution in [2.75, 3.05) is 26.2 Å². The second kappa shape index (κ2) is 10.5. The minimum Gasteiger partial charge on any atom is -0.348 e. The minimum atomic E-state index is -0.284. The van der Waals surface area contributed by atoms with Gasteiger partial charge in [0.25, 0.3) is 0 Å². The predicted octanol–water partition coefficient (Wildman–Crippen LogP) is 4.47. The highest BCUT2D eigenvalue weighted by Crippen LogP contribution is 2.25. The van der Waals surface area contributed by atoms with Crippen molar-refractivity contribution in [2.45, 2.75) is 32.5 Å². The van der Waals surface area contributed by atoms with E-state index in [-0.39, 0.29) is 29.6 Å². The van der Waals surface area contributed by atoms with E-state index in [1.54, 1.807) is 35.6 Å². The average molecular weight is 471 g/mol. The van der Waals surface area contributed by atoms with Crippen LogP contribution < -0.4 is 5.32 Å². The molecular weight excluding hydrogens is 442 g/mol. The number of piperazine rings is 1. The van der Waals surface area contributed by atoms with Crippen LogP contribution in [-0.2, 0) is 11.3 Å². The Morgan fingerprint density at radius 1 is 1.00 bits per heavy atom. The first-order valence-corrected chi connectivity index (χ1v) is 12.0. The lowest BCUT2D eigenvalue weighted by molar-refractivity contribution is -0.127. The number of halogens is 2. The van der Waals surface area contributed by atoms with E-state index in [4.69, 9.17) is 4.98 Å². The molecule has 2 heterocycles. The first kappa shape index (κ1) is 23.5. The molecular formula is C25H28F2N4OS. The van der Waals surface area contributed by atoms with Crippen LogP contribution in [0.1, 0.15) is 31.1 Å². The molecule has 1 amide bonds. The van der Waals surface area contributed by atoms with Crippen LogP contribution in [0.5, 0.6) is 0 Å². The van der Waals surface area contributed by atoms with E-state index < -0.39 is 0 Å². The fourth-order valence-electron chi connectivity index (χ4n) is 3.98. The Balaban J connectivity index is 1.25. The molecule has 33 heavy (non-hydrogen) atoms. The van der Waals surface area contributed by atoms with Crippen molar-refractivity contribution >= 4 is 17.2 Å². The number of nitrogens with zero attached hydrogens (tertiary/aromatic N) is 3. The zero-order valence-electron chi connectivity index (χ0n) is 18.8. The van der Waals surface area contributed by atoms with E-state index in [0.29, 0.717) is 0 Å². The zero-order valence-corrected chi connectivity index (χ0v) is 19.6. The lowest BCUT2D eigenvalue weighted by Gasteiger charge is -2.37. The molecule has 0 aliphatic carbocycles. The van der Waals surface area contributed by atoms with Crippen LogP contribution >= 0.6 is 11.3 Å². The maximum Gasteiger partial charge on any atom is 0.237 e. The van der Waals surface area contributed by atoms with Gasteiger partial charge in [-0.25, -0.2) is 13.8 Å². The summed E-state index contributed by atoms with van der Waals surface area (Å²) in [5, 5.41) is 5.98. The number of benzene rings is 2. The maximum atomic E-state index is 13.1. The Morgan fingerprint density at radius 2 is 1.61 bits per heavy atom. The van der Waals surface area contributed by atoms with Crippen molar-refractivity contribution < 1.29 is 13.6 Å². The second-order valence-electron chi connectivity index (χ2n) is 8.42. The van der Waals surface area contributed by atoms with Crippen molar-refractivity contribution in [3.63, 3.8) is 0 Å². The molecule has 1 saturated heterocycles. The molecule has 8 heteroatoms. The summed E-state index contributed by atoms with van der Waals surface area (Å²) in [6, 6.07) is 12.2. The molecule has 1 aliphatic rings. The molecule has 2 atom stereocenters. The minimum absolute atomic E-state index is 0.0243. The van der Waals surface area contributed by atoms with E-state index >= 15 is 0 Å². The molecule has 1 aliphatic heterocycles.